The standard InChI is InChI=1S/C17H25FN4O/c18-16-4-2-1-3-14(16)11-20-17(23)13-21-7-9-22(10-8-21)15-5-6-19-12-15/h1-4,15,19H,5-13H2,(H,20,23). The second kappa shape index (κ2) is 7.86. The molecule has 0 aliphatic carbocycles. The number of nitrogens with one attached hydrogen (secondary N) is 2. The summed E-state index contributed by atoms with van der Waals surface area (Å²) in [6.07, 6.45) is 1.23. The lowest BCUT2D eigenvalue weighted by atomic mass is 10.2. The first kappa shape index (κ1) is 16.4. The third-order valence-electron chi connectivity index (χ3n) is 4.76. The van der Waals surface area contributed by atoms with E-state index >= 15 is 0 Å². The number of nitrogens with zero attached hydrogens (tertiary/aromatic N) is 2. The molecule has 6 heteroatoms. The van der Waals surface area contributed by atoms with Crippen LogP contribution in [0.15, 0.2) is 24.3 Å². The summed E-state index contributed by atoms with van der Waals surface area (Å²) < 4.78 is 13.5. The zero-order valence-corrected chi connectivity index (χ0v) is 13.4. The Morgan fingerprint density at radius 1 is 1.26 bits per heavy atom. The van der Waals surface area contributed by atoms with Crippen molar-refractivity contribution in [2.45, 2.75) is 19.0 Å². The van der Waals surface area contributed by atoms with Crippen LogP contribution in [0.25, 0.3) is 0 Å². The van der Waals surface area contributed by atoms with Crippen molar-refractivity contribution in [2.75, 3.05) is 45.8 Å². The Hall–Kier alpha value is -1.50. The molecule has 23 heavy (non-hydrogen) atoms. The molecular weight excluding hydrogens is 295 g/mol. The average Bonchev–Trinajstić information content (AvgIpc) is 3.09. The summed E-state index contributed by atoms with van der Waals surface area (Å²) >= 11 is 0. The zero-order chi connectivity index (χ0) is 16.1. The van der Waals surface area contributed by atoms with Gasteiger partial charge in [-0.25, -0.2) is 4.39 Å². The summed E-state index contributed by atoms with van der Waals surface area (Å²) in [5.41, 5.74) is 0.527. The van der Waals surface area contributed by atoms with Gasteiger partial charge in [0.05, 0.1) is 6.54 Å². The van der Waals surface area contributed by atoms with Crippen molar-refractivity contribution in [2.24, 2.45) is 0 Å². The number of carbonyl (C=O) groups excluding carboxylic acids is 1. The summed E-state index contributed by atoms with van der Waals surface area (Å²) in [4.78, 5) is 16.7. The van der Waals surface area contributed by atoms with Crippen LogP contribution >= 0.6 is 0 Å². The van der Waals surface area contributed by atoms with E-state index in [2.05, 4.69) is 20.4 Å². The van der Waals surface area contributed by atoms with Gasteiger partial charge in [-0.05, 0) is 19.0 Å². The lowest BCUT2D eigenvalue weighted by Crippen LogP contribution is -2.52. The van der Waals surface area contributed by atoms with Crippen LogP contribution in [0.1, 0.15) is 12.0 Å². The Kier molecular flexibility index (Phi) is 5.59. The molecule has 1 aromatic rings. The van der Waals surface area contributed by atoms with Crippen LogP contribution in [0.3, 0.4) is 0 Å². The lowest BCUT2D eigenvalue weighted by Gasteiger charge is -2.37. The van der Waals surface area contributed by atoms with Gasteiger partial charge in [-0.2, -0.15) is 0 Å². The van der Waals surface area contributed by atoms with Crippen molar-refractivity contribution in [1.29, 1.82) is 0 Å². The topological polar surface area (TPSA) is 47.6 Å². The van der Waals surface area contributed by atoms with Crippen LogP contribution in [0.5, 0.6) is 0 Å². The predicted octanol–water partition coefficient (Wildman–Crippen LogP) is 0.421. The van der Waals surface area contributed by atoms with Gasteiger partial charge in [0.2, 0.25) is 5.91 Å². The number of carbonyl (C=O) groups is 1. The van der Waals surface area contributed by atoms with Gasteiger partial charge in [0, 0.05) is 50.9 Å². The highest BCUT2D eigenvalue weighted by Crippen LogP contribution is 2.11. The molecule has 2 aliphatic rings. The van der Waals surface area contributed by atoms with Gasteiger partial charge in [0.15, 0.2) is 0 Å². The Labute approximate surface area is 136 Å². The van der Waals surface area contributed by atoms with Gasteiger partial charge >= 0.3 is 0 Å². The maximum atomic E-state index is 13.5. The van der Waals surface area contributed by atoms with Crippen molar-refractivity contribution in [1.82, 2.24) is 20.4 Å². The fourth-order valence-corrected chi connectivity index (χ4v) is 3.33. The molecule has 1 aromatic carbocycles. The van der Waals surface area contributed by atoms with Crippen LogP contribution in [0, 0.1) is 5.82 Å². The molecule has 2 heterocycles. The third-order valence-corrected chi connectivity index (χ3v) is 4.76. The molecule has 0 saturated carbocycles. The van der Waals surface area contributed by atoms with E-state index in [-0.39, 0.29) is 18.3 Å². The van der Waals surface area contributed by atoms with Gasteiger partial charge in [-0.15, -0.1) is 0 Å². The number of halogens is 1. The van der Waals surface area contributed by atoms with Crippen LogP contribution in [0.4, 0.5) is 4.39 Å². The molecule has 1 amide bonds. The number of benzene rings is 1. The second-order valence-corrected chi connectivity index (χ2v) is 6.33. The molecular formula is C17H25FN4O. The second-order valence-electron chi connectivity index (χ2n) is 6.33. The number of hydrogen-bond donors (Lipinski definition) is 2. The first-order chi connectivity index (χ1) is 11.2. The normalized spacial score (nSPS) is 23.1. The van der Waals surface area contributed by atoms with Crippen LogP contribution in [0.2, 0.25) is 0 Å². The largest absolute Gasteiger partial charge is 0.351 e. The van der Waals surface area contributed by atoms with Crippen molar-refractivity contribution in [3.05, 3.63) is 35.6 Å². The molecule has 0 spiro atoms. The van der Waals surface area contributed by atoms with Crippen LogP contribution in [-0.4, -0.2) is 67.6 Å². The molecule has 0 aromatic heterocycles. The van der Waals surface area contributed by atoms with Gasteiger partial charge in [0.1, 0.15) is 5.82 Å². The van der Waals surface area contributed by atoms with Crippen molar-refractivity contribution in [3.63, 3.8) is 0 Å². The zero-order valence-electron chi connectivity index (χ0n) is 13.4. The van der Waals surface area contributed by atoms with Crippen molar-refractivity contribution in [3.8, 4) is 0 Å². The van der Waals surface area contributed by atoms with Gasteiger partial charge in [-0.1, -0.05) is 18.2 Å². The van der Waals surface area contributed by atoms with Crippen LogP contribution < -0.4 is 10.6 Å². The van der Waals surface area contributed by atoms with E-state index in [1.807, 2.05) is 0 Å². The maximum absolute atomic E-state index is 13.5. The van der Waals surface area contributed by atoms with E-state index in [1.165, 1.54) is 12.5 Å². The molecule has 2 fully saturated rings. The Balaban J connectivity index is 1.38. The summed E-state index contributed by atoms with van der Waals surface area (Å²) in [5, 5.41) is 6.21. The van der Waals surface area contributed by atoms with E-state index in [1.54, 1.807) is 18.2 Å². The molecule has 126 valence electrons. The molecule has 5 nitrogen and oxygen atoms in total. The molecule has 0 bridgehead atoms. The SMILES string of the molecule is O=C(CN1CCN(C2CCNC2)CC1)NCc1ccccc1F. The van der Waals surface area contributed by atoms with E-state index in [4.69, 9.17) is 0 Å². The van der Waals surface area contributed by atoms with Gasteiger partial charge in [0.25, 0.3) is 0 Å². The quantitative estimate of drug-likeness (QED) is 0.826. The molecule has 1 unspecified atom stereocenters. The number of piperazine rings is 1. The minimum Gasteiger partial charge on any atom is -0.351 e. The highest BCUT2D eigenvalue weighted by Gasteiger charge is 2.26. The first-order valence-corrected chi connectivity index (χ1v) is 8.39. The highest BCUT2D eigenvalue weighted by atomic mass is 19.1. The van der Waals surface area contributed by atoms with Crippen LogP contribution in [-0.2, 0) is 11.3 Å². The van der Waals surface area contributed by atoms with E-state index < -0.39 is 0 Å². The van der Waals surface area contributed by atoms with Crippen molar-refractivity contribution >= 4 is 5.91 Å². The molecule has 3 rings (SSSR count). The first-order valence-electron chi connectivity index (χ1n) is 8.39. The maximum Gasteiger partial charge on any atom is 0.234 e. The van der Waals surface area contributed by atoms with E-state index in [0.717, 1.165) is 39.3 Å². The minimum atomic E-state index is -0.272. The monoisotopic (exact) mass is 320 g/mol. The fraction of sp³-hybridized carbons (Fsp3) is 0.588. The Morgan fingerprint density at radius 2 is 2.04 bits per heavy atom. The molecule has 2 N–H and O–H groups in total. The van der Waals surface area contributed by atoms with Gasteiger partial charge in [-0.3, -0.25) is 14.6 Å². The average molecular weight is 320 g/mol. The minimum absolute atomic E-state index is 0.0377. The number of rotatable bonds is 5. The Morgan fingerprint density at radius 3 is 2.74 bits per heavy atom. The third kappa shape index (κ3) is 4.50. The number of hydrogen-bond acceptors (Lipinski definition) is 4. The number of amides is 1. The van der Waals surface area contributed by atoms with Crippen molar-refractivity contribution < 1.29 is 9.18 Å². The summed E-state index contributed by atoms with van der Waals surface area (Å²) in [5.74, 6) is -0.309. The molecule has 0 radical (unpaired) electrons. The highest BCUT2D eigenvalue weighted by molar-refractivity contribution is 5.78. The lowest BCUT2D eigenvalue weighted by molar-refractivity contribution is -0.122. The smallest absolute Gasteiger partial charge is 0.234 e. The van der Waals surface area contributed by atoms with Gasteiger partial charge < -0.3 is 10.6 Å². The van der Waals surface area contributed by atoms with E-state index in [9.17, 15) is 9.18 Å². The summed E-state index contributed by atoms with van der Waals surface area (Å²) in [6.45, 7) is 6.73. The molecule has 1 atom stereocenters. The molecule has 2 saturated heterocycles. The summed E-state index contributed by atoms with van der Waals surface area (Å²) in [7, 11) is 0. The summed E-state index contributed by atoms with van der Waals surface area (Å²) in [6, 6.07) is 7.21. The predicted molar refractivity (Wildman–Crippen MR) is 87.5 cm³/mol. The fourth-order valence-electron chi connectivity index (χ4n) is 3.33. The Bertz CT molecular complexity index is 525. The van der Waals surface area contributed by atoms with E-state index in [0.29, 0.717) is 18.2 Å². The molecule has 2 aliphatic heterocycles.